The van der Waals surface area contributed by atoms with Gasteiger partial charge in [0.25, 0.3) is 0 Å². The fourth-order valence-electron chi connectivity index (χ4n) is 15.0. The summed E-state index contributed by atoms with van der Waals surface area (Å²) in [6, 6.07) is 0.302. The summed E-state index contributed by atoms with van der Waals surface area (Å²) >= 11 is 0. The number of fused-ring (bicyclic) bond motifs is 4. The van der Waals surface area contributed by atoms with Crippen LogP contribution in [0.15, 0.2) is 0 Å². The molecule has 2 spiro atoms. The molecule has 14 atom stereocenters. The van der Waals surface area contributed by atoms with Gasteiger partial charge in [0, 0.05) is 38.0 Å². The predicted molar refractivity (Wildman–Crippen MR) is 206 cm³/mol. The van der Waals surface area contributed by atoms with E-state index in [4.69, 9.17) is 23.7 Å². The van der Waals surface area contributed by atoms with Crippen LogP contribution in [0.1, 0.15) is 128 Å². The number of hydrogen-bond donors (Lipinski definition) is 2. The average Bonchev–Trinajstić information content (AvgIpc) is 3.68. The summed E-state index contributed by atoms with van der Waals surface area (Å²) in [5.41, 5.74) is -1.67. The Bertz CT molecular complexity index is 1520. The smallest absolute Gasteiger partial charge is 0.410 e. The van der Waals surface area contributed by atoms with Crippen molar-refractivity contribution in [3.8, 4) is 0 Å². The van der Waals surface area contributed by atoms with Crippen molar-refractivity contribution in [1.29, 1.82) is 0 Å². The SMILES string of the molecule is CC(=O)O[C@@H]([C@H]1C[C@@H](C)C2[C@H](O1)[C@H](O)[C@@]1(C)[C@@H]3CC[C@H]4C(C)(C)[C@@H](OC5CN(C6CN(C(=O)OC(C)(C)C)C6)CCO5)CCC45C[C@@]35CC[C@]21C)C(C)(C)O. The molecule has 11 heteroatoms. The molecule has 0 bridgehead atoms. The Morgan fingerprint density at radius 2 is 1.60 bits per heavy atom. The molecule has 3 aliphatic heterocycles. The number of aliphatic hydroxyl groups is 2. The number of carbonyl (C=O) groups is 2. The second-order valence-electron chi connectivity index (χ2n) is 22.2. The number of esters is 1. The second kappa shape index (κ2) is 13.0. The zero-order chi connectivity index (χ0) is 39.9. The summed E-state index contributed by atoms with van der Waals surface area (Å²) < 4.78 is 31.4. The van der Waals surface area contributed by atoms with E-state index in [2.05, 4.69) is 39.5 Å². The van der Waals surface area contributed by atoms with Crippen LogP contribution in [0.4, 0.5) is 4.79 Å². The van der Waals surface area contributed by atoms with Crippen LogP contribution in [-0.2, 0) is 28.5 Å². The van der Waals surface area contributed by atoms with Crippen molar-refractivity contribution in [3.63, 3.8) is 0 Å². The predicted octanol–water partition coefficient (Wildman–Crippen LogP) is 6.17. The molecule has 11 nitrogen and oxygen atoms in total. The van der Waals surface area contributed by atoms with Crippen LogP contribution in [0, 0.1) is 50.7 Å². The molecule has 3 saturated heterocycles. The molecule has 5 aliphatic carbocycles. The van der Waals surface area contributed by atoms with Crippen molar-refractivity contribution in [2.24, 2.45) is 50.7 Å². The first-order valence-electron chi connectivity index (χ1n) is 21.7. The van der Waals surface area contributed by atoms with Gasteiger partial charge in [0.1, 0.15) is 5.60 Å². The maximum Gasteiger partial charge on any atom is 0.410 e. The minimum Gasteiger partial charge on any atom is -0.457 e. The van der Waals surface area contributed by atoms with E-state index >= 15 is 0 Å². The molecule has 312 valence electrons. The average molecular weight is 773 g/mol. The highest BCUT2D eigenvalue weighted by molar-refractivity contribution is 5.69. The van der Waals surface area contributed by atoms with Gasteiger partial charge in [0.05, 0.1) is 43.2 Å². The van der Waals surface area contributed by atoms with Crippen molar-refractivity contribution < 1.29 is 43.5 Å². The number of amides is 1. The number of hydrogen-bond acceptors (Lipinski definition) is 10. The van der Waals surface area contributed by atoms with Gasteiger partial charge in [-0.05, 0) is 131 Å². The highest BCUT2D eigenvalue weighted by Crippen LogP contribution is 2.89. The maximum atomic E-state index is 12.6. The molecule has 1 amide bonds. The molecule has 8 rings (SSSR count). The van der Waals surface area contributed by atoms with E-state index in [1.165, 1.54) is 19.8 Å². The van der Waals surface area contributed by atoms with Gasteiger partial charge in [-0.15, -0.1) is 0 Å². The van der Waals surface area contributed by atoms with Gasteiger partial charge in [0.15, 0.2) is 12.4 Å². The van der Waals surface area contributed by atoms with Crippen LogP contribution in [0.3, 0.4) is 0 Å². The summed E-state index contributed by atoms with van der Waals surface area (Å²) in [7, 11) is 0. The number of rotatable bonds is 6. The molecule has 5 saturated carbocycles. The molecule has 0 aromatic carbocycles. The van der Waals surface area contributed by atoms with Crippen LogP contribution in [0.25, 0.3) is 0 Å². The van der Waals surface area contributed by atoms with Crippen LogP contribution in [0.5, 0.6) is 0 Å². The number of aliphatic hydroxyl groups excluding tert-OH is 1. The van der Waals surface area contributed by atoms with Crippen LogP contribution >= 0.6 is 0 Å². The standard InChI is InChI=1S/C44H72N2O9/c1-25-20-28(36(40(8,9)50)52-26(2)47)53-34-33(25)41(10)16-17-44-24-43(44)15-14-31(39(6,7)29(43)12-13-30(44)42(41,11)35(34)48)54-32-23-45(18-19-51-32)27-21-46(22-27)37(49)55-38(3,4)5/h25,27-36,48,50H,12-24H2,1-11H3/t25-,28-,29+,30+,31+,32?,33?,34+,35+,36+,41-,42-,43?,44+/m1/s1. The first kappa shape index (κ1) is 40.3. The van der Waals surface area contributed by atoms with Gasteiger partial charge in [-0.25, -0.2) is 4.79 Å². The zero-order valence-corrected chi connectivity index (χ0v) is 35.7. The molecular formula is C44H72N2O9. The first-order valence-corrected chi connectivity index (χ1v) is 21.7. The van der Waals surface area contributed by atoms with Gasteiger partial charge in [-0.3, -0.25) is 9.69 Å². The van der Waals surface area contributed by atoms with Crippen molar-refractivity contribution in [3.05, 3.63) is 0 Å². The highest BCUT2D eigenvalue weighted by atomic mass is 16.7. The number of ether oxygens (including phenoxy) is 5. The van der Waals surface area contributed by atoms with E-state index in [1.54, 1.807) is 18.7 Å². The maximum absolute atomic E-state index is 12.6. The third kappa shape index (κ3) is 5.99. The topological polar surface area (TPSA) is 127 Å². The van der Waals surface area contributed by atoms with Crippen molar-refractivity contribution >= 4 is 12.1 Å². The van der Waals surface area contributed by atoms with Crippen molar-refractivity contribution in [2.75, 3.05) is 32.8 Å². The van der Waals surface area contributed by atoms with E-state index in [0.29, 0.717) is 44.0 Å². The third-order valence-corrected chi connectivity index (χ3v) is 17.5. The molecule has 8 aliphatic rings. The quantitative estimate of drug-likeness (QED) is 0.303. The van der Waals surface area contributed by atoms with Gasteiger partial charge >= 0.3 is 12.1 Å². The van der Waals surface area contributed by atoms with E-state index in [1.807, 2.05) is 20.8 Å². The third-order valence-electron chi connectivity index (χ3n) is 17.5. The van der Waals surface area contributed by atoms with Crippen molar-refractivity contribution in [1.82, 2.24) is 9.80 Å². The summed E-state index contributed by atoms with van der Waals surface area (Å²) in [5.74, 6) is 0.981. The number of morpholine rings is 1. The number of nitrogens with zero attached hydrogens (tertiary/aromatic N) is 2. The molecule has 0 aromatic rings. The first-order chi connectivity index (χ1) is 25.5. The Balaban J connectivity index is 0.953. The molecule has 2 N–H and O–H groups in total. The number of carbonyl (C=O) groups excluding carboxylic acids is 2. The lowest BCUT2D eigenvalue weighted by molar-refractivity contribution is -0.253. The molecule has 55 heavy (non-hydrogen) atoms. The van der Waals surface area contributed by atoms with Crippen LogP contribution in [0.2, 0.25) is 0 Å². The van der Waals surface area contributed by atoms with Gasteiger partial charge in [0.2, 0.25) is 0 Å². The van der Waals surface area contributed by atoms with Crippen molar-refractivity contribution in [2.45, 2.75) is 182 Å². The molecular weight excluding hydrogens is 700 g/mol. The zero-order valence-electron chi connectivity index (χ0n) is 35.7. The Kier molecular flexibility index (Phi) is 9.52. The summed E-state index contributed by atoms with van der Waals surface area (Å²) in [6.45, 7) is 26.1. The minimum atomic E-state index is -1.27. The van der Waals surface area contributed by atoms with Crippen LogP contribution in [-0.4, -0.2) is 119 Å². The molecule has 0 radical (unpaired) electrons. The molecule has 8 fully saturated rings. The lowest BCUT2D eigenvalue weighted by atomic mass is 9.41. The molecule has 0 aromatic heterocycles. The summed E-state index contributed by atoms with van der Waals surface area (Å²) in [5, 5.41) is 23.7. The molecule has 3 heterocycles. The Morgan fingerprint density at radius 1 is 0.927 bits per heavy atom. The number of likely N-dealkylation sites (tertiary alicyclic amines) is 1. The Morgan fingerprint density at radius 3 is 2.25 bits per heavy atom. The normalized spacial score (nSPS) is 47.2. The van der Waals surface area contributed by atoms with E-state index in [9.17, 15) is 19.8 Å². The second-order valence-corrected chi connectivity index (χ2v) is 22.2. The monoisotopic (exact) mass is 773 g/mol. The van der Waals surface area contributed by atoms with E-state index in [-0.39, 0.29) is 63.5 Å². The fourth-order valence-corrected chi connectivity index (χ4v) is 15.0. The summed E-state index contributed by atoms with van der Waals surface area (Å²) in [4.78, 5) is 28.9. The Labute approximate surface area is 329 Å². The van der Waals surface area contributed by atoms with E-state index in [0.717, 1.165) is 45.2 Å². The largest absolute Gasteiger partial charge is 0.457 e. The minimum absolute atomic E-state index is 0.0139. The van der Waals surface area contributed by atoms with Gasteiger partial charge in [-0.2, -0.15) is 0 Å². The Hall–Kier alpha value is -1.50. The fraction of sp³-hybridized carbons (Fsp3) is 0.955. The van der Waals surface area contributed by atoms with E-state index < -0.39 is 35.5 Å². The lowest BCUT2D eigenvalue weighted by Crippen LogP contribution is -2.64. The molecule has 3 unspecified atom stereocenters. The van der Waals surface area contributed by atoms with Gasteiger partial charge < -0.3 is 38.8 Å². The summed E-state index contributed by atoms with van der Waals surface area (Å²) in [6.07, 6.45) is 5.98. The van der Waals surface area contributed by atoms with Crippen LogP contribution < -0.4 is 0 Å². The highest BCUT2D eigenvalue weighted by Gasteiger charge is 2.84. The lowest BCUT2D eigenvalue weighted by Gasteiger charge is -2.64. The van der Waals surface area contributed by atoms with Gasteiger partial charge in [-0.1, -0.05) is 34.6 Å².